The van der Waals surface area contributed by atoms with Gasteiger partial charge in [0.2, 0.25) is 11.8 Å². The zero-order valence-electron chi connectivity index (χ0n) is 22.8. The number of carboxylic acid groups (broad SMARTS) is 1. The molecule has 2 amide bonds. The molecular weight excluding hydrogens is 575 g/mol. The number of halogens is 2. The van der Waals surface area contributed by atoms with Crippen molar-refractivity contribution in [1.29, 1.82) is 0 Å². The Bertz CT molecular complexity index is 1310. The molecule has 41 heavy (non-hydrogen) atoms. The SMILES string of the molecule is COc1ccc(C(C)=O)cc1CC(=O)NC1(C(=O)NC(CC(=O)O)C(=O)CSCc2c(F)cccc2Cl)CCCC1. The Labute approximate surface area is 246 Å². The van der Waals surface area contributed by atoms with Crippen molar-refractivity contribution >= 4 is 52.7 Å². The number of carbonyl (C=O) groups excluding carboxylic acids is 4. The van der Waals surface area contributed by atoms with Gasteiger partial charge in [0, 0.05) is 27.5 Å². The molecule has 1 atom stereocenters. The fourth-order valence-corrected chi connectivity index (χ4v) is 6.06. The maximum Gasteiger partial charge on any atom is 0.305 e. The van der Waals surface area contributed by atoms with Crippen molar-refractivity contribution in [2.45, 2.75) is 62.8 Å². The fraction of sp³-hybridized carbons (Fsp3) is 0.414. The molecule has 2 aromatic rings. The van der Waals surface area contributed by atoms with Crippen molar-refractivity contribution in [3.8, 4) is 5.75 Å². The molecule has 0 bridgehead atoms. The lowest BCUT2D eigenvalue weighted by Gasteiger charge is -2.31. The second kappa shape index (κ2) is 14.5. The van der Waals surface area contributed by atoms with Crippen LogP contribution in [0.5, 0.6) is 5.75 Å². The highest BCUT2D eigenvalue weighted by atomic mass is 35.5. The number of carbonyl (C=O) groups is 5. The molecule has 0 aliphatic heterocycles. The summed E-state index contributed by atoms with van der Waals surface area (Å²) in [5.74, 6) is -3.35. The standard InChI is InChI=1S/C29H32ClFN2O7S/c1-17(34)18-8-9-25(40-2)19(12-18)13-26(36)33-29(10-3-4-11-29)28(39)32-23(14-27(37)38)24(35)16-41-15-20-21(30)6-5-7-22(20)31/h5-9,12,23H,3-4,10-11,13-16H2,1-2H3,(H,32,39)(H,33,36)(H,37,38). The lowest BCUT2D eigenvalue weighted by atomic mass is 9.94. The minimum Gasteiger partial charge on any atom is -0.496 e. The van der Waals surface area contributed by atoms with Crippen LogP contribution >= 0.6 is 23.4 Å². The number of hydrogen-bond acceptors (Lipinski definition) is 7. The summed E-state index contributed by atoms with van der Waals surface area (Å²) in [7, 11) is 1.44. The Morgan fingerprint density at radius 1 is 1.15 bits per heavy atom. The van der Waals surface area contributed by atoms with E-state index < -0.39 is 47.4 Å². The van der Waals surface area contributed by atoms with Gasteiger partial charge in [-0.1, -0.05) is 30.5 Å². The highest BCUT2D eigenvalue weighted by Crippen LogP contribution is 2.31. The molecule has 9 nitrogen and oxygen atoms in total. The van der Waals surface area contributed by atoms with E-state index in [0.29, 0.717) is 42.6 Å². The average Bonchev–Trinajstić information content (AvgIpc) is 3.39. The van der Waals surface area contributed by atoms with Gasteiger partial charge >= 0.3 is 5.97 Å². The van der Waals surface area contributed by atoms with E-state index in [9.17, 15) is 33.5 Å². The number of ether oxygens (including phenoxy) is 1. The molecule has 0 heterocycles. The number of thioether (sulfide) groups is 1. The van der Waals surface area contributed by atoms with E-state index in [2.05, 4.69) is 10.6 Å². The summed E-state index contributed by atoms with van der Waals surface area (Å²) >= 11 is 7.09. The first-order valence-corrected chi connectivity index (χ1v) is 14.5. The minimum atomic E-state index is -1.34. The summed E-state index contributed by atoms with van der Waals surface area (Å²) in [6, 6.07) is 7.66. The van der Waals surface area contributed by atoms with Gasteiger partial charge in [0.1, 0.15) is 17.1 Å². The van der Waals surface area contributed by atoms with Crippen LogP contribution in [0.4, 0.5) is 4.39 Å². The molecule has 1 fully saturated rings. The van der Waals surface area contributed by atoms with Gasteiger partial charge in [-0.05, 0) is 50.1 Å². The third kappa shape index (κ3) is 8.53. The summed E-state index contributed by atoms with van der Waals surface area (Å²) in [5, 5.41) is 15.0. The third-order valence-corrected chi connectivity index (χ3v) is 8.27. The molecule has 0 radical (unpaired) electrons. The molecule has 3 rings (SSSR count). The number of rotatable bonds is 14. The van der Waals surface area contributed by atoms with Crippen molar-refractivity contribution < 1.29 is 38.2 Å². The lowest BCUT2D eigenvalue weighted by molar-refractivity contribution is -0.141. The first-order chi connectivity index (χ1) is 19.5. The summed E-state index contributed by atoms with van der Waals surface area (Å²) in [5.41, 5.74) is -0.221. The van der Waals surface area contributed by atoms with Gasteiger partial charge in [-0.3, -0.25) is 24.0 Å². The summed E-state index contributed by atoms with van der Waals surface area (Å²) in [4.78, 5) is 62.9. The van der Waals surface area contributed by atoms with Crippen molar-refractivity contribution in [3.63, 3.8) is 0 Å². The van der Waals surface area contributed by atoms with E-state index in [1.165, 1.54) is 32.2 Å². The van der Waals surface area contributed by atoms with Crippen LogP contribution in [-0.2, 0) is 31.4 Å². The van der Waals surface area contributed by atoms with Gasteiger partial charge in [-0.2, -0.15) is 0 Å². The summed E-state index contributed by atoms with van der Waals surface area (Å²) in [6.45, 7) is 1.41. The fourth-order valence-electron chi connectivity index (χ4n) is 4.75. The van der Waals surface area contributed by atoms with E-state index in [-0.39, 0.29) is 34.3 Å². The first-order valence-electron chi connectivity index (χ1n) is 13.0. The van der Waals surface area contributed by atoms with E-state index in [4.69, 9.17) is 16.3 Å². The number of Topliss-reactive ketones (excluding diaryl/α,β-unsaturated/α-hetero) is 2. The monoisotopic (exact) mass is 606 g/mol. The Balaban J connectivity index is 1.70. The van der Waals surface area contributed by atoms with Crippen molar-refractivity contribution in [2.24, 2.45) is 0 Å². The molecule has 12 heteroatoms. The van der Waals surface area contributed by atoms with Gasteiger partial charge in [-0.25, -0.2) is 4.39 Å². The third-order valence-electron chi connectivity index (χ3n) is 6.93. The first kappa shape index (κ1) is 32.1. The number of carboxylic acids is 1. The predicted octanol–water partition coefficient (Wildman–Crippen LogP) is 4.12. The minimum absolute atomic E-state index is 0.0826. The zero-order chi connectivity index (χ0) is 30.2. The van der Waals surface area contributed by atoms with Crippen LogP contribution in [0.3, 0.4) is 0 Å². The lowest BCUT2D eigenvalue weighted by Crippen LogP contribution is -2.60. The Morgan fingerprint density at radius 2 is 1.85 bits per heavy atom. The quantitative estimate of drug-likeness (QED) is 0.273. The van der Waals surface area contributed by atoms with Crippen molar-refractivity contribution in [1.82, 2.24) is 10.6 Å². The van der Waals surface area contributed by atoms with E-state index in [1.54, 1.807) is 18.2 Å². The number of benzene rings is 2. The molecule has 0 aromatic heterocycles. The second-order valence-electron chi connectivity index (χ2n) is 9.88. The maximum absolute atomic E-state index is 14.1. The van der Waals surface area contributed by atoms with Gasteiger partial charge in [0.15, 0.2) is 11.6 Å². The van der Waals surface area contributed by atoms with Gasteiger partial charge < -0.3 is 20.5 Å². The molecule has 1 aliphatic carbocycles. The molecule has 1 unspecified atom stereocenters. The van der Waals surface area contributed by atoms with Crippen LogP contribution in [0.1, 0.15) is 60.5 Å². The number of amides is 2. The van der Waals surface area contributed by atoms with Crippen molar-refractivity contribution in [3.05, 3.63) is 63.9 Å². The predicted molar refractivity (Wildman–Crippen MR) is 153 cm³/mol. The Hall–Kier alpha value is -3.44. The zero-order valence-corrected chi connectivity index (χ0v) is 24.3. The van der Waals surface area contributed by atoms with E-state index >= 15 is 0 Å². The molecule has 1 aliphatic rings. The topological polar surface area (TPSA) is 139 Å². The normalized spacial score (nSPS) is 14.6. The van der Waals surface area contributed by atoms with E-state index in [1.807, 2.05) is 0 Å². The highest BCUT2D eigenvalue weighted by molar-refractivity contribution is 7.99. The summed E-state index contributed by atoms with van der Waals surface area (Å²) in [6.07, 6.45) is 1.10. The molecule has 0 saturated heterocycles. The highest BCUT2D eigenvalue weighted by Gasteiger charge is 2.44. The molecule has 0 spiro atoms. The molecular formula is C29H32ClFN2O7S. The molecule has 220 valence electrons. The summed E-state index contributed by atoms with van der Waals surface area (Å²) < 4.78 is 19.4. The number of methoxy groups -OCH3 is 1. The Kier molecular flexibility index (Phi) is 11.3. The van der Waals surface area contributed by atoms with E-state index in [0.717, 1.165) is 11.8 Å². The van der Waals surface area contributed by atoms with Gasteiger partial charge in [0.05, 0.1) is 31.7 Å². The second-order valence-corrected chi connectivity index (χ2v) is 11.3. The van der Waals surface area contributed by atoms with Crippen LogP contribution in [0.25, 0.3) is 0 Å². The van der Waals surface area contributed by atoms with Crippen molar-refractivity contribution in [2.75, 3.05) is 12.9 Å². The average molecular weight is 607 g/mol. The molecule has 1 saturated carbocycles. The molecule has 2 aromatic carbocycles. The smallest absolute Gasteiger partial charge is 0.305 e. The Morgan fingerprint density at radius 3 is 2.46 bits per heavy atom. The van der Waals surface area contributed by atoms with Crippen LogP contribution in [0.15, 0.2) is 36.4 Å². The number of hydrogen-bond donors (Lipinski definition) is 3. The maximum atomic E-state index is 14.1. The number of nitrogens with one attached hydrogen (secondary N) is 2. The van der Waals surface area contributed by atoms with Gasteiger partial charge in [-0.15, -0.1) is 11.8 Å². The largest absolute Gasteiger partial charge is 0.496 e. The van der Waals surface area contributed by atoms with Crippen LogP contribution < -0.4 is 15.4 Å². The van der Waals surface area contributed by atoms with Crippen LogP contribution in [0.2, 0.25) is 5.02 Å². The number of aliphatic carboxylic acids is 1. The number of ketones is 2. The van der Waals surface area contributed by atoms with Gasteiger partial charge in [0.25, 0.3) is 0 Å². The molecule has 3 N–H and O–H groups in total. The van der Waals surface area contributed by atoms with Crippen LogP contribution in [-0.4, -0.2) is 58.9 Å². The van der Waals surface area contributed by atoms with Crippen LogP contribution in [0, 0.1) is 5.82 Å².